The fraction of sp³-hybridized carbons (Fsp3) is 0.125. The molecule has 0 aromatic heterocycles. The quantitative estimate of drug-likeness (QED) is 0.727. The highest BCUT2D eigenvalue weighted by Crippen LogP contribution is 2.17. The van der Waals surface area contributed by atoms with Crippen LogP contribution < -0.4 is 5.32 Å². The Labute approximate surface area is 102 Å². The maximum absolute atomic E-state index is 3.24. The van der Waals surface area contributed by atoms with E-state index in [1.807, 2.05) is 49.5 Å². The smallest absolute Gasteiger partial charge is 0.0509 e. The lowest BCUT2D eigenvalue weighted by molar-refractivity contribution is 1.40. The van der Waals surface area contributed by atoms with Gasteiger partial charge in [0, 0.05) is 18.3 Å². The molecule has 1 heteroatoms. The molecule has 17 heavy (non-hydrogen) atoms. The summed E-state index contributed by atoms with van der Waals surface area (Å²) in [5.74, 6) is 6.42. The number of aryl methyl sites for hydroxylation is 1. The monoisotopic (exact) mass is 221 g/mol. The zero-order valence-corrected chi connectivity index (χ0v) is 10.1. The molecule has 0 saturated heterocycles. The van der Waals surface area contributed by atoms with Crippen LogP contribution in [0.4, 0.5) is 5.69 Å². The second-order valence-electron chi connectivity index (χ2n) is 3.86. The summed E-state index contributed by atoms with van der Waals surface area (Å²) in [4.78, 5) is 0. The van der Waals surface area contributed by atoms with Gasteiger partial charge in [-0.2, -0.15) is 0 Å². The van der Waals surface area contributed by atoms with Crippen molar-refractivity contribution in [2.45, 2.75) is 6.92 Å². The Kier molecular flexibility index (Phi) is 3.47. The summed E-state index contributed by atoms with van der Waals surface area (Å²) in [5, 5.41) is 3.17. The molecule has 0 heterocycles. The third-order valence-corrected chi connectivity index (χ3v) is 2.65. The molecule has 0 amide bonds. The maximum Gasteiger partial charge on any atom is 0.0509 e. The summed E-state index contributed by atoms with van der Waals surface area (Å²) >= 11 is 0. The lowest BCUT2D eigenvalue weighted by atomic mass is 10.1. The molecule has 2 aromatic rings. The Hall–Kier alpha value is -2.20. The van der Waals surface area contributed by atoms with Crippen LogP contribution >= 0.6 is 0 Å². The van der Waals surface area contributed by atoms with Gasteiger partial charge < -0.3 is 5.32 Å². The van der Waals surface area contributed by atoms with Gasteiger partial charge in [-0.25, -0.2) is 0 Å². The zero-order chi connectivity index (χ0) is 12.1. The molecule has 0 aliphatic rings. The van der Waals surface area contributed by atoms with Crippen molar-refractivity contribution in [3.05, 3.63) is 65.2 Å². The predicted octanol–water partition coefficient (Wildman–Crippen LogP) is 3.44. The molecule has 0 radical (unpaired) electrons. The Bertz CT molecular complexity index is 559. The lowest BCUT2D eigenvalue weighted by Gasteiger charge is -2.05. The van der Waals surface area contributed by atoms with Gasteiger partial charge in [0.25, 0.3) is 0 Å². The molecule has 2 aromatic carbocycles. The second kappa shape index (κ2) is 5.23. The molecule has 0 atom stereocenters. The maximum atomic E-state index is 3.24. The number of anilines is 1. The molecule has 0 bridgehead atoms. The number of hydrogen-bond acceptors (Lipinski definition) is 1. The molecule has 84 valence electrons. The van der Waals surface area contributed by atoms with E-state index in [4.69, 9.17) is 0 Å². The van der Waals surface area contributed by atoms with E-state index in [2.05, 4.69) is 30.1 Å². The average molecular weight is 221 g/mol. The van der Waals surface area contributed by atoms with E-state index in [-0.39, 0.29) is 0 Å². The van der Waals surface area contributed by atoms with E-state index in [0.29, 0.717) is 0 Å². The summed E-state index contributed by atoms with van der Waals surface area (Å²) in [7, 11) is 1.92. The Morgan fingerprint density at radius 3 is 2.35 bits per heavy atom. The van der Waals surface area contributed by atoms with Crippen LogP contribution in [0.3, 0.4) is 0 Å². The van der Waals surface area contributed by atoms with Gasteiger partial charge in [0.1, 0.15) is 0 Å². The predicted molar refractivity (Wildman–Crippen MR) is 73.1 cm³/mol. The molecule has 0 unspecified atom stereocenters. The topological polar surface area (TPSA) is 12.0 Å². The minimum absolute atomic E-state index is 1.04. The van der Waals surface area contributed by atoms with Crippen LogP contribution in [-0.4, -0.2) is 7.05 Å². The van der Waals surface area contributed by atoms with Crippen LogP contribution in [0.25, 0.3) is 0 Å². The highest BCUT2D eigenvalue weighted by molar-refractivity contribution is 5.63. The summed E-state index contributed by atoms with van der Waals surface area (Å²) < 4.78 is 0. The van der Waals surface area contributed by atoms with Crippen LogP contribution in [0.5, 0.6) is 0 Å². The molecule has 0 spiro atoms. The number of hydrogen-bond donors (Lipinski definition) is 1. The largest absolute Gasteiger partial charge is 0.387 e. The number of benzene rings is 2. The first-order chi connectivity index (χ1) is 8.31. The van der Waals surface area contributed by atoms with Crippen LogP contribution in [-0.2, 0) is 0 Å². The van der Waals surface area contributed by atoms with Crippen molar-refractivity contribution in [3.63, 3.8) is 0 Å². The van der Waals surface area contributed by atoms with Crippen molar-refractivity contribution in [1.29, 1.82) is 0 Å². The first kappa shape index (κ1) is 11.3. The number of nitrogens with one attached hydrogen (secondary N) is 1. The first-order valence-electron chi connectivity index (χ1n) is 5.65. The highest BCUT2D eigenvalue weighted by atomic mass is 14.8. The fourth-order valence-electron chi connectivity index (χ4n) is 1.70. The third kappa shape index (κ3) is 2.68. The van der Waals surface area contributed by atoms with Gasteiger partial charge in [-0.05, 0) is 30.7 Å². The Morgan fingerprint density at radius 2 is 1.65 bits per heavy atom. The van der Waals surface area contributed by atoms with Crippen molar-refractivity contribution in [2.24, 2.45) is 0 Å². The van der Waals surface area contributed by atoms with E-state index in [1.165, 1.54) is 5.56 Å². The van der Waals surface area contributed by atoms with Gasteiger partial charge in [0.15, 0.2) is 0 Å². The molecule has 0 fully saturated rings. The molecule has 0 aliphatic carbocycles. The van der Waals surface area contributed by atoms with E-state index < -0.39 is 0 Å². The summed E-state index contributed by atoms with van der Waals surface area (Å²) in [6.07, 6.45) is 0. The van der Waals surface area contributed by atoms with Gasteiger partial charge in [-0.1, -0.05) is 42.2 Å². The van der Waals surface area contributed by atoms with Gasteiger partial charge >= 0.3 is 0 Å². The van der Waals surface area contributed by atoms with Gasteiger partial charge in [-0.15, -0.1) is 0 Å². The van der Waals surface area contributed by atoms with E-state index in [0.717, 1.165) is 16.8 Å². The van der Waals surface area contributed by atoms with Crippen molar-refractivity contribution >= 4 is 5.69 Å². The van der Waals surface area contributed by atoms with Crippen LogP contribution in [0.1, 0.15) is 16.7 Å². The van der Waals surface area contributed by atoms with Crippen molar-refractivity contribution in [1.82, 2.24) is 0 Å². The SMILES string of the molecule is CNc1cccc(C)c1C#Cc1ccccc1. The Balaban J connectivity index is 2.40. The van der Waals surface area contributed by atoms with Gasteiger partial charge in [0.2, 0.25) is 0 Å². The van der Waals surface area contributed by atoms with Gasteiger partial charge in [0.05, 0.1) is 5.56 Å². The van der Waals surface area contributed by atoms with Crippen LogP contribution in [0, 0.1) is 18.8 Å². The van der Waals surface area contributed by atoms with Crippen molar-refractivity contribution in [3.8, 4) is 11.8 Å². The lowest BCUT2D eigenvalue weighted by Crippen LogP contribution is -1.94. The van der Waals surface area contributed by atoms with E-state index in [9.17, 15) is 0 Å². The minimum Gasteiger partial charge on any atom is -0.387 e. The van der Waals surface area contributed by atoms with Crippen molar-refractivity contribution in [2.75, 3.05) is 12.4 Å². The van der Waals surface area contributed by atoms with Crippen LogP contribution in [0.2, 0.25) is 0 Å². The molecule has 2 rings (SSSR count). The van der Waals surface area contributed by atoms with Crippen molar-refractivity contribution < 1.29 is 0 Å². The van der Waals surface area contributed by atoms with E-state index >= 15 is 0 Å². The average Bonchev–Trinajstić information content (AvgIpc) is 2.38. The fourth-order valence-corrected chi connectivity index (χ4v) is 1.70. The van der Waals surface area contributed by atoms with E-state index in [1.54, 1.807) is 0 Å². The first-order valence-corrected chi connectivity index (χ1v) is 5.65. The summed E-state index contributed by atoms with van der Waals surface area (Å²) in [6.45, 7) is 2.08. The third-order valence-electron chi connectivity index (χ3n) is 2.65. The van der Waals surface area contributed by atoms with Crippen LogP contribution in [0.15, 0.2) is 48.5 Å². The van der Waals surface area contributed by atoms with Gasteiger partial charge in [-0.3, -0.25) is 0 Å². The molecule has 0 aliphatic heterocycles. The molecule has 0 saturated carbocycles. The number of rotatable bonds is 1. The standard InChI is InChI=1S/C16H15N/c1-13-7-6-10-16(17-2)15(13)12-11-14-8-4-3-5-9-14/h3-10,17H,1-2H3. The molecular formula is C16H15N. The second-order valence-corrected chi connectivity index (χ2v) is 3.86. The molecule has 1 nitrogen and oxygen atoms in total. The molecular weight excluding hydrogens is 206 g/mol. The normalized spacial score (nSPS) is 9.29. The summed E-state index contributed by atoms with van der Waals surface area (Å²) in [6, 6.07) is 16.2. The zero-order valence-electron chi connectivity index (χ0n) is 10.1. The minimum atomic E-state index is 1.04. The summed E-state index contributed by atoms with van der Waals surface area (Å²) in [5.41, 5.74) is 4.38. The molecule has 1 N–H and O–H groups in total. The highest BCUT2D eigenvalue weighted by Gasteiger charge is 1.99. The Morgan fingerprint density at radius 1 is 0.882 bits per heavy atom.